The zero-order valence-electron chi connectivity index (χ0n) is 20.3. The van der Waals surface area contributed by atoms with Gasteiger partial charge >= 0.3 is 0 Å². The van der Waals surface area contributed by atoms with Gasteiger partial charge in [0.15, 0.2) is 0 Å². The Morgan fingerprint density at radius 1 is 0.973 bits per heavy atom. The van der Waals surface area contributed by atoms with Gasteiger partial charge in [-0.05, 0) is 42.3 Å². The zero-order valence-corrected chi connectivity index (χ0v) is 20.3. The number of H-pyrrole nitrogens is 1. The molecule has 2 heterocycles. The molecule has 0 unspecified atom stereocenters. The van der Waals surface area contributed by atoms with Crippen LogP contribution in [0.2, 0.25) is 0 Å². The molecule has 0 aliphatic carbocycles. The molecule has 0 spiro atoms. The van der Waals surface area contributed by atoms with Crippen LogP contribution in [0.3, 0.4) is 0 Å². The molecule has 0 aliphatic rings. The van der Waals surface area contributed by atoms with Crippen LogP contribution in [0.1, 0.15) is 32.7 Å². The van der Waals surface area contributed by atoms with Gasteiger partial charge in [-0.3, -0.25) is 19.6 Å². The predicted molar refractivity (Wildman–Crippen MR) is 138 cm³/mol. The molecule has 3 aromatic carbocycles. The number of amides is 1. The first-order valence-corrected chi connectivity index (χ1v) is 11.7. The fourth-order valence-electron chi connectivity index (χ4n) is 4.15. The lowest BCUT2D eigenvalue weighted by molar-refractivity contribution is 0.0980. The van der Waals surface area contributed by atoms with E-state index in [1.807, 2.05) is 30.3 Å². The Bertz CT molecular complexity index is 1630. The van der Waals surface area contributed by atoms with Crippen LogP contribution < -0.4 is 15.2 Å². The van der Waals surface area contributed by atoms with E-state index < -0.39 is 5.91 Å². The van der Waals surface area contributed by atoms with Crippen LogP contribution in [-0.4, -0.2) is 32.6 Å². The number of fused-ring (bicyclic) bond motifs is 1. The molecule has 1 N–H and O–H groups in total. The van der Waals surface area contributed by atoms with E-state index in [0.29, 0.717) is 34.6 Å². The summed E-state index contributed by atoms with van der Waals surface area (Å²) in [5.74, 6) is -0.126. The minimum Gasteiger partial charge on any atom is -0.496 e. The maximum absolute atomic E-state index is 13.7. The minimum absolute atomic E-state index is 0.0710. The normalized spacial score (nSPS) is 11.0. The summed E-state index contributed by atoms with van der Waals surface area (Å²) in [4.78, 5) is 37.5. The van der Waals surface area contributed by atoms with Crippen molar-refractivity contribution in [1.82, 2.24) is 19.6 Å². The molecule has 186 valence electrons. The van der Waals surface area contributed by atoms with E-state index in [4.69, 9.17) is 4.74 Å². The van der Waals surface area contributed by atoms with Crippen molar-refractivity contribution in [2.24, 2.45) is 0 Å². The number of methoxy groups -OCH3 is 1. The summed E-state index contributed by atoms with van der Waals surface area (Å²) in [6.45, 7) is 1.84. The smallest absolute Gasteiger partial charge is 0.277 e. The number of aromatic amines is 1. The lowest BCUT2D eigenvalue weighted by Gasteiger charge is -2.21. The second-order valence-electron chi connectivity index (χ2n) is 8.54. The van der Waals surface area contributed by atoms with Crippen molar-refractivity contribution in [3.63, 3.8) is 0 Å². The van der Waals surface area contributed by atoms with Crippen LogP contribution in [0.5, 0.6) is 5.75 Å². The summed E-state index contributed by atoms with van der Waals surface area (Å²) in [6.07, 6.45) is 0.412. The highest BCUT2D eigenvalue weighted by molar-refractivity contribution is 6.07. The van der Waals surface area contributed by atoms with Crippen molar-refractivity contribution in [3.05, 3.63) is 123 Å². The minimum atomic E-state index is -0.407. The Balaban J connectivity index is 1.60. The van der Waals surface area contributed by atoms with Gasteiger partial charge in [0, 0.05) is 12.0 Å². The number of hydrogen-bond donors (Lipinski definition) is 1. The molecule has 5 aromatic rings. The van der Waals surface area contributed by atoms with Gasteiger partial charge in [0.1, 0.15) is 11.6 Å². The van der Waals surface area contributed by atoms with E-state index >= 15 is 0 Å². The van der Waals surface area contributed by atoms with Crippen LogP contribution in [-0.2, 0) is 13.0 Å². The number of carbonyl (C=O) groups is 1. The van der Waals surface area contributed by atoms with Crippen molar-refractivity contribution in [1.29, 1.82) is 0 Å². The monoisotopic (exact) mass is 497 g/mol. The highest BCUT2D eigenvalue weighted by Gasteiger charge is 2.25. The molecular formula is C28H24FN5O3. The molecule has 0 atom stereocenters. The maximum Gasteiger partial charge on any atom is 0.277 e. The molecule has 0 fully saturated rings. The number of benzene rings is 3. The Morgan fingerprint density at radius 2 is 1.68 bits per heavy atom. The molecule has 0 bridgehead atoms. The van der Waals surface area contributed by atoms with Crippen LogP contribution in [0.15, 0.2) is 83.7 Å². The molecule has 0 radical (unpaired) electrons. The number of hydrogen-bond acceptors (Lipinski definition) is 5. The van der Waals surface area contributed by atoms with Gasteiger partial charge in [-0.2, -0.15) is 9.50 Å². The number of nitrogens with one attached hydrogen (secondary N) is 1. The second kappa shape index (κ2) is 10.1. The van der Waals surface area contributed by atoms with Crippen LogP contribution in [0.25, 0.3) is 5.78 Å². The van der Waals surface area contributed by atoms with Crippen LogP contribution >= 0.6 is 0 Å². The number of aromatic nitrogens is 4. The van der Waals surface area contributed by atoms with Gasteiger partial charge < -0.3 is 4.74 Å². The molecular weight excluding hydrogens is 473 g/mol. The zero-order chi connectivity index (χ0) is 25.9. The lowest BCUT2D eigenvalue weighted by atomic mass is 10.1. The molecule has 1 amide bonds. The van der Waals surface area contributed by atoms with E-state index in [0.717, 1.165) is 5.56 Å². The van der Waals surface area contributed by atoms with Crippen LogP contribution in [0, 0.1) is 12.7 Å². The number of rotatable bonds is 7. The first kappa shape index (κ1) is 23.9. The van der Waals surface area contributed by atoms with Crippen LogP contribution in [0.4, 0.5) is 10.3 Å². The molecule has 0 saturated carbocycles. The molecule has 0 saturated heterocycles. The van der Waals surface area contributed by atoms with Gasteiger partial charge in [0.2, 0.25) is 5.95 Å². The Hall–Kier alpha value is -4.79. The number of carbonyl (C=O) groups excluding carboxylic acids is 1. The van der Waals surface area contributed by atoms with Crippen molar-refractivity contribution < 1.29 is 13.9 Å². The van der Waals surface area contributed by atoms with Crippen molar-refractivity contribution >= 4 is 17.6 Å². The number of halogens is 1. The Morgan fingerprint density at radius 3 is 2.41 bits per heavy atom. The fourth-order valence-corrected chi connectivity index (χ4v) is 4.15. The van der Waals surface area contributed by atoms with E-state index in [1.54, 1.807) is 43.3 Å². The van der Waals surface area contributed by atoms with E-state index in [-0.39, 0.29) is 29.6 Å². The average molecular weight is 498 g/mol. The highest BCUT2D eigenvalue weighted by Crippen LogP contribution is 2.24. The quantitative estimate of drug-likeness (QED) is 0.362. The topological polar surface area (TPSA) is 92.6 Å². The third-order valence-corrected chi connectivity index (χ3v) is 6.10. The van der Waals surface area contributed by atoms with E-state index in [2.05, 4.69) is 15.1 Å². The van der Waals surface area contributed by atoms with E-state index in [1.165, 1.54) is 28.7 Å². The van der Waals surface area contributed by atoms with E-state index in [9.17, 15) is 14.0 Å². The largest absolute Gasteiger partial charge is 0.496 e. The third kappa shape index (κ3) is 4.84. The predicted octanol–water partition coefficient (Wildman–Crippen LogP) is 4.31. The molecule has 2 aromatic heterocycles. The number of anilines is 1. The lowest BCUT2D eigenvalue weighted by Crippen LogP contribution is -2.32. The molecule has 8 nitrogen and oxygen atoms in total. The average Bonchev–Trinajstić information content (AvgIpc) is 3.34. The molecule has 0 aliphatic heterocycles. The summed E-state index contributed by atoms with van der Waals surface area (Å²) in [7, 11) is 1.48. The van der Waals surface area contributed by atoms with Gasteiger partial charge in [-0.15, -0.1) is 0 Å². The molecule has 37 heavy (non-hydrogen) atoms. The summed E-state index contributed by atoms with van der Waals surface area (Å²) < 4.78 is 20.2. The summed E-state index contributed by atoms with van der Waals surface area (Å²) >= 11 is 0. The SMILES string of the molecule is COc1ccccc1C(=O)N(Cc1ccc(F)cc1)c1nc2nc(C)c(Cc3ccccc3)c(=O)n2[nH]1. The first-order chi connectivity index (χ1) is 17.9. The van der Waals surface area contributed by atoms with Gasteiger partial charge in [-0.25, -0.2) is 9.37 Å². The first-order valence-electron chi connectivity index (χ1n) is 11.7. The molecule has 9 heteroatoms. The van der Waals surface area contributed by atoms with Gasteiger partial charge in [-0.1, -0.05) is 54.6 Å². The number of para-hydroxylation sites is 1. The Labute approximate surface area is 212 Å². The summed E-state index contributed by atoms with van der Waals surface area (Å²) in [5, 5.41) is 2.96. The fraction of sp³-hybridized carbons (Fsp3) is 0.143. The van der Waals surface area contributed by atoms with Crippen molar-refractivity contribution in [2.75, 3.05) is 12.0 Å². The number of nitrogens with zero attached hydrogens (tertiary/aromatic N) is 4. The maximum atomic E-state index is 13.7. The van der Waals surface area contributed by atoms with Crippen molar-refractivity contribution in [3.8, 4) is 5.75 Å². The summed E-state index contributed by atoms with van der Waals surface area (Å²) in [5.41, 5.74) is 2.76. The van der Waals surface area contributed by atoms with Crippen molar-refractivity contribution in [2.45, 2.75) is 19.9 Å². The van der Waals surface area contributed by atoms with Gasteiger partial charge in [0.25, 0.3) is 17.2 Å². The second-order valence-corrected chi connectivity index (χ2v) is 8.54. The number of aryl methyl sites for hydroxylation is 1. The Kier molecular flexibility index (Phi) is 6.51. The third-order valence-electron chi connectivity index (χ3n) is 6.10. The van der Waals surface area contributed by atoms with Gasteiger partial charge in [0.05, 0.1) is 24.9 Å². The highest BCUT2D eigenvalue weighted by atomic mass is 19.1. The number of ether oxygens (including phenoxy) is 1. The summed E-state index contributed by atoms with van der Waals surface area (Å²) in [6, 6.07) is 22.3. The standard InChI is InChI=1S/C28H24FN5O3/c1-18-23(16-19-8-4-3-5-9-19)26(36)34-27(30-18)31-28(32-34)33(17-20-12-14-21(29)15-13-20)25(35)22-10-6-7-11-24(22)37-2/h3-15H,16-17H2,1-2H3,(H,30,31,32). The molecule has 5 rings (SSSR count).